The molecular weight excluding hydrogens is 356 g/mol. The maximum atomic E-state index is 12.8. The molecule has 0 aromatic heterocycles. The van der Waals surface area contributed by atoms with Gasteiger partial charge in [0.05, 0.1) is 26.9 Å². The summed E-state index contributed by atoms with van der Waals surface area (Å²) in [5.41, 5.74) is 1.75. The molecule has 1 amide bonds. The number of carbonyl (C=O) groups is 1. The number of hydrogen-bond donors (Lipinski definition) is 1. The second kappa shape index (κ2) is 8.20. The minimum atomic E-state index is -0.109. The Bertz CT molecular complexity index is 804. The molecule has 0 bridgehead atoms. The Hall–Kier alpha value is -2.57. The van der Waals surface area contributed by atoms with Gasteiger partial charge in [0.2, 0.25) is 0 Å². The van der Waals surface area contributed by atoms with Crippen LogP contribution in [0.2, 0.25) is 0 Å². The van der Waals surface area contributed by atoms with Crippen molar-refractivity contribution >= 4 is 5.91 Å². The van der Waals surface area contributed by atoms with Gasteiger partial charge >= 0.3 is 0 Å². The monoisotopic (exact) mass is 382 g/mol. The Labute approximate surface area is 165 Å². The lowest BCUT2D eigenvalue weighted by atomic mass is 10.1. The summed E-state index contributed by atoms with van der Waals surface area (Å²) in [5, 5.41) is 3.16. The molecule has 148 valence electrons. The van der Waals surface area contributed by atoms with Crippen molar-refractivity contribution in [2.75, 3.05) is 33.9 Å². The third-order valence-electron chi connectivity index (χ3n) is 5.54. The lowest BCUT2D eigenvalue weighted by Gasteiger charge is -2.35. The first-order valence-corrected chi connectivity index (χ1v) is 9.61. The zero-order valence-corrected chi connectivity index (χ0v) is 16.3. The fourth-order valence-electron chi connectivity index (χ4n) is 4.06. The normalized spacial score (nSPS) is 24.4. The van der Waals surface area contributed by atoms with Crippen LogP contribution >= 0.6 is 0 Å². The number of fused-ring (bicyclic) bond motifs is 1. The Kier molecular flexibility index (Phi) is 5.50. The van der Waals surface area contributed by atoms with Crippen molar-refractivity contribution in [1.82, 2.24) is 10.2 Å². The molecule has 2 heterocycles. The minimum Gasteiger partial charge on any atom is -0.497 e. The molecule has 3 atom stereocenters. The number of rotatable bonds is 5. The van der Waals surface area contributed by atoms with Crippen LogP contribution in [0.3, 0.4) is 0 Å². The number of benzene rings is 2. The fraction of sp³-hybridized carbons (Fsp3) is 0.409. The number of nitrogens with zero attached hydrogens (tertiary/aromatic N) is 1. The van der Waals surface area contributed by atoms with Gasteiger partial charge in [-0.05, 0) is 24.1 Å². The van der Waals surface area contributed by atoms with Crippen LogP contribution in [0.15, 0.2) is 48.5 Å². The fourth-order valence-corrected chi connectivity index (χ4v) is 4.06. The first-order valence-electron chi connectivity index (χ1n) is 9.61. The highest BCUT2D eigenvalue weighted by Gasteiger charge is 2.38. The largest absolute Gasteiger partial charge is 0.497 e. The van der Waals surface area contributed by atoms with Gasteiger partial charge in [-0.25, -0.2) is 0 Å². The highest BCUT2D eigenvalue weighted by Crippen LogP contribution is 2.30. The van der Waals surface area contributed by atoms with Crippen LogP contribution < -0.4 is 14.8 Å². The molecule has 6 nitrogen and oxygen atoms in total. The maximum Gasteiger partial charge on any atom is 0.251 e. The van der Waals surface area contributed by atoms with Crippen molar-refractivity contribution in [2.45, 2.75) is 24.6 Å². The summed E-state index contributed by atoms with van der Waals surface area (Å²) < 4.78 is 16.6. The molecule has 0 aliphatic carbocycles. The van der Waals surface area contributed by atoms with Gasteiger partial charge in [0.1, 0.15) is 11.5 Å². The van der Waals surface area contributed by atoms with Crippen LogP contribution in [-0.4, -0.2) is 56.8 Å². The Morgan fingerprint density at radius 1 is 1.07 bits per heavy atom. The summed E-state index contributed by atoms with van der Waals surface area (Å²) in [6, 6.07) is 16.0. The highest BCUT2D eigenvalue weighted by atomic mass is 16.5. The van der Waals surface area contributed by atoms with E-state index < -0.39 is 0 Å². The minimum absolute atomic E-state index is 0.0922. The standard InChI is InChI=1S/C22H26N2O4/c1-26-19-8-16(9-20(11-19)27-2)22(25)23-17-10-18-14-28-21(13-24(18)12-17)15-6-4-3-5-7-15/h3-9,11,17-18,21H,10,12-14H2,1-2H3,(H,23,25)/t17-,18-,21+/m0/s1. The molecule has 0 radical (unpaired) electrons. The van der Waals surface area contributed by atoms with Crippen molar-refractivity contribution in [3.8, 4) is 11.5 Å². The first kappa shape index (κ1) is 18.8. The Morgan fingerprint density at radius 2 is 1.79 bits per heavy atom. The van der Waals surface area contributed by atoms with E-state index in [-0.39, 0.29) is 18.1 Å². The van der Waals surface area contributed by atoms with Crippen molar-refractivity contribution in [1.29, 1.82) is 0 Å². The quantitative estimate of drug-likeness (QED) is 0.862. The second-order valence-corrected chi connectivity index (χ2v) is 7.35. The molecule has 2 aliphatic rings. The van der Waals surface area contributed by atoms with Gasteiger partial charge in [0, 0.05) is 36.8 Å². The molecular formula is C22H26N2O4. The number of methoxy groups -OCH3 is 2. The number of ether oxygens (including phenoxy) is 3. The zero-order chi connectivity index (χ0) is 19.5. The summed E-state index contributed by atoms with van der Waals surface area (Å²) >= 11 is 0. The number of nitrogens with one attached hydrogen (secondary N) is 1. The van der Waals surface area contributed by atoms with Crippen LogP contribution in [0.1, 0.15) is 28.4 Å². The van der Waals surface area contributed by atoms with Gasteiger partial charge < -0.3 is 19.5 Å². The van der Waals surface area contributed by atoms with Gasteiger partial charge in [0.25, 0.3) is 5.91 Å². The third-order valence-corrected chi connectivity index (χ3v) is 5.54. The van der Waals surface area contributed by atoms with E-state index in [4.69, 9.17) is 14.2 Å². The molecule has 1 N–H and O–H groups in total. The van der Waals surface area contributed by atoms with E-state index in [0.29, 0.717) is 29.7 Å². The molecule has 6 heteroatoms. The topological polar surface area (TPSA) is 60.0 Å². The molecule has 2 saturated heterocycles. The highest BCUT2D eigenvalue weighted by molar-refractivity contribution is 5.95. The van der Waals surface area contributed by atoms with Crippen LogP contribution in [0, 0.1) is 0 Å². The van der Waals surface area contributed by atoms with E-state index in [1.165, 1.54) is 5.56 Å². The summed E-state index contributed by atoms with van der Waals surface area (Å²) in [6.45, 7) is 2.39. The predicted octanol–water partition coefficient (Wildman–Crippen LogP) is 2.65. The average Bonchev–Trinajstić information content (AvgIpc) is 3.15. The van der Waals surface area contributed by atoms with Crippen molar-refractivity contribution in [2.24, 2.45) is 0 Å². The van der Waals surface area contributed by atoms with E-state index in [9.17, 15) is 4.79 Å². The average molecular weight is 382 g/mol. The molecule has 0 saturated carbocycles. The van der Waals surface area contributed by atoms with Crippen molar-refractivity contribution < 1.29 is 19.0 Å². The van der Waals surface area contributed by atoms with Gasteiger partial charge in [-0.15, -0.1) is 0 Å². The Morgan fingerprint density at radius 3 is 2.46 bits per heavy atom. The second-order valence-electron chi connectivity index (χ2n) is 7.35. The molecule has 2 aliphatic heterocycles. The van der Waals surface area contributed by atoms with Gasteiger partial charge in [-0.1, -0.05) is 30.3 Å². The summed E-state index contributed by atoms with van der Waals surface area (Å²) in [7, 11) is 3.16. The summed E-state index contributed by atoms with van der Waals surface area (Å²) in [4.78, 5) is 15.2. The molecule has 0 unspecified atom stereocenters. The predicted molar refractivity (Wildman–Crippen MR) is 106 cm³/mol. The molecule has 2 fully saturated rings. The smallest absolute Gasteiger partial charge is 0.251 e. The van der Waals surface area contributed by atoms with Gasteiger partial charge in [-0.3, -0.25) is 9.69 Å². The lowest BCUT2D eigenvalue weighted by molar-refractivity contribution is -0.0502. The van der Waals surface area contributed by atoms with Crippen molar-refractivity contribution in [3.05, 3.63) is 59.7 Å². The number of carbonyl (C=O) groups excluding carboxylic acids is 1. The number of amides is 1. The maximum absolute atomic E-state index is 12.8. The van der Waals surface area contributed by atoms with E-state index in [0.717, 1.165) is 19.5 Å². The van der Waals surface area contributed by atoms with E-state index >= 15 is 0 Å². The molecule has 2 aromatic rings. The van der Waals surface area contributed by atoms with Crippen LogP contribution in [0.4, 0.5) is 0 Å². The number of hydrogen-bond acceptors (Lipinski definition) is 5. The summed E-state index contributed by atoms with van der Waals surface area (Å²) in [5.74, 6) is 1.10. The lowest BCUT2D eigenvalue weighted by Crippen LogP contribution is -2.43. The van der Waals surface area contributed by atoms with E-state index in [1.807, 2.05) is 18.2 Å². The molecule has 4 rings (SSSR count). The van der Waals surface area contributed by atoms with Gasteiger partial charge in [0.15, 0.2) is 0 Å². The van der Waals surface area contributed by atoms with Crippen LogP contribution in [-0.2, 0) is 4.74 Å². The SMILES string of the molecule is COc1cc(OC)cc(C(=O)N[C@H]2C[C@H]3CO[C@@H](c4ccccc4)CN3C2)c1. The number of morpholine rings is 1. The zero-order valence-electron chi connectivity index (χ0n) is 16.3. The van der Waals surface area contributed by atoms with E-state index in [1.54, 1.807) is 32.4 Å². The molecule has 28 heavy (non-hydrogen) atoms. The van der Waals surface area contributed by atoms with Crippen LogP contribution in [0.5, 0.6) is 11.5 Å². The summed E-state index contributed by atoms with van der Waals surface area (Å²) in [6.07, 6.45) is 0.989. The van der Waals surface area contributed by atoms with E-state index in [2.05, 4.69) is 22.3 Å². The molecule has 2 aromatic carbocycles. The first-order chi connectivity index (χ1) is 13.7. The third kappa shape index (κ3) is 3.98. The van der Waals surface area contributed by atoms with Gasteiger partial charge in [-0.2, -0.15) is 0 Å². The van der Waals surface area contributed by atoms with Crippen LogP contribution in [0.25, 0.3) is 0 Å². The van der Waals surface area contributed by atoms with Crippen molar-refractivity contribution in [3.63, 3.8) is 0 Å². The Balaban J connectivity index is 1.39. The molecule has 0 spiro atoms.